The van der Waals surface area contributed by atoms with E-state index in [0.717, 1.165) is 35.4 Å². The molecule has 0 bridgehead atoms. The average molecular weight is 230 g/mol. The Morgan fingerprint density at radius 1 is 1.24 bits per heavy atom. The fourth-order valence-electron chi connectivity index (χ4n) is 2.23. The van der Waals surface area contributed by atoms with Crippen LogP contribution in [0.4, 0.5) is 0 Å². The lowest BCUT2D eigenvalue weighted by molar-refractivity contribution is -0.116. The van der Waals surface area contributed by atoms with Crippen molar-refractivity contribution < 1.29 is 4.79 Å². The first-order valence-corrected chi connectivity index (χ1v) is 6.06. The van der Waals surface area contributed by atoms with Crippen LogP contribution in [0.2, 0.25) is 0 Å². The van der Waals surface area contributed by atoms with Crippen molar-refractivity contribution in [1.29, 1.82) is 0 Å². The van der Waals surface area contributed by atoms with Crippen molar-refractivity contribution >= 4 is 12.0 Å². The maximum absolute atomic E-state index is 11.8. The van der Waals surface area contributed by atoms with Gasteiger partial charge < -0.3 is 10.3 Å². The molecule has 1 aromatic rings. The zero-order chi connectivity index (χ0) is 12.4. The van der Waals surface area contributed by atoms with Gasteiger partial charge in [0.1, 0.15) is 0 Å². The number of carbonyl (C=O) groups is 1. The van der Waals surface area contributed by atoms with Gasteiger partial charge >= 0.3 is 0 Å². The summed E-state index contributed by atoms with van der Waals surface area (Å²) in [7, 11) is 0. The Bertz CT molecular complexity index is 506. The highest BCUT2D eigenvalue weighted by molar-refractivity contribution is 6.01. The van der Waals surface area contributed by atoms with Gasteiger partial charge in [-0.05, 0) is 43.0 Å². The number of hydrogen-bond donors (Lipinski definition) is 2. The van der Waals surface area contributed by atoms with Crippen molar-refractivity contribution in [3.8, 4) is 0 Å². The van der Waals surface area contributed by atoms with E-state index < -0.39 is 0 Å². The Labute approximate surface area is 102 Å². The fraction of sp³-hybridized carbons (Fsp3) is 0.357. The number of amides is 1. The summed E-state index contributed by atoms with van der Waals surface area (Å²) in [4.78, 5) is 15.0. The van der Waals surface area contributed by atoms with Crippen LogP contribution in [0.5, 0.6) is 0 Å². The third-order valence-electron chi connectivity index (χ3n) is 3.20. The van der Waals surface area contributed by atoms with Crippen LogP contribution >= 0.6 is 0 Å². The molecule has 17 heavy (non-hydrogen) atoms. The maximum atomic E-state index is 11.8. The molecule has 3 heteroatoms. The van der Waals surface area contributed by atoms with Gasteiger partial charge in [0.15, 0.2) is 0 Å². The fourth-order valence-corrected chi connectivity index (χ4v) is 2.23. The molecule has 0 unspecified atom stereocenters. The first-order chi connectivity index (χ1) is 8.17. The lowest BCUT2D eigenvalue weighted by Gasteiger charge is -2.03. The Morgan fingerprint density at radius 2 is 1.94 bits per heavy atom. The number of nitrogens with one attached hydrogen (secondary N) is 2. The number of aromatic nitrogens is 1. The summed E-state index contributed by atoms with van der Waals surface area (Å²) in [6, 6.07) is 2.03. The van der Waals surface area contributed by atoms with Gasteiger partial charge in [-0.2, -0.15) is 0 Å². The zero-order valence-corrected chi connectivity index (χ0v) is 10.6. The average Bonchev–Trinajstić information content (AvgIpc) is 2.83. The van der Waals surface area contributed by atoms with Crippen LogP contribution in [0, 0.1) is 6.92 Å². The molecule has 1 amide bonds. The second-order valence-corrected chi connectivity index (χ2v) is 4.25. The molecule has 90 valence electrons. The molecular formula is C14H18N2O. The Balaban J connectivity index is 2.42. The molecule has 0 saturated carbocycles. The van der Waals surface area contributed by atoms with Crippen LogP contribution in [0.15, 0.2) is 29.1 Å². The minimum atomic E-state index is 0.0554. The smallest absolute Gasteiger partial charge is 0.251 e. The standard InChI is InChI=1S/C14H18N2O/c1-4-10-11(5-2)14(17)16-13(10)8-12-9(3)6-7-15-12/h6-8,15H,4-5H2,1-3H3,(H,16,17)/b13-8-. The monoisotopic (exact) mass is 230 g/mol. The molecule has 0 atom stereocenters. The third kappa shape index (κ3) is 2.05. The van der Waals surface area contributed by atoms with Gasteiger partial charge in [0.25, 0.3) is 5.91 Å². The molecular weight excluding hydrogens is 212 g/mol. The summed E-state index contributed by atoms with van der Waals surface area (Å²) in [6.07, 6.45) is 5.60. The van der Waals surface area contributed by atoms with E-state index in [9.17, 15) is 4.79 Å². The van der Waals surface area contributed by atoms with E-state index >= 15 is 0 Å². The Morgan fingerprint density at radius 3 is 2.47 bits per heavy atom. The van der Waals surface area contributed by atoms with Crippen LogP contribution in [-0.2, 0) is 4.79 Å². The normalized spacial score (nSPS) is 18.1. The van der Waals surface area contributed by atoms with E-state index in [0.29, 0.717) is 0 Å². The van der Waals surface area contributed by atoms with E-state index in [1.807, 2.05) is 25.3 Å². The highest BCUT2D eigenvalue weighted by Crippen LogP contribution is 2.27. The van der Waals surface area contributed by atoms with Crippen molar-refractivity contribution in [3.05, 3.63) is 40.4 Å². The zero-order valence-electron chi connectivity index (χ0n) is 10.6. The van der Waals surface area contributed by atoms with Crippen LogP contribution in [-0.4, -0.2) is 10.9 Å². The predicted molar refractivity (Wildman–Crippen MR) is 69.3 cm³/mol. The van der Waals surface area contributed by atoms with Gasteiger partial charge in [-0.15, -0.1) is 0 Å². The predicted octanol–water partition coefficient (Wildman–Crippen LogP) is 2.91. The van der Waals surface area contributed by atoms with Gasteiger partial charge in [0, 0.05) is 23.2 Å². The van der Waals surface area contributed by atoms with Crippen molar-refractivity contribution in [2.75, 3.05) is 0 Å². The van der Waals surface area contributed by atoms with Crippen LogP contribution in [0.3, 0.4) is 0 Å². The summed E-state index contributed by atoms with van der Waals surface area (Å²) in [5.41, 5.74) is 5.25. The minimum absolute atomic E-state index is 0.0554. The summed E-state index contributed by atoms with van der Waals surface area (Å²) in [5.74, 6) is 0.0554. The molecule has 2 N–H and O–H groups in total. The topological polar surface area (TPSA) is 44.9 Å². The molecule has 0 aliphatic carbocycles. The van der Waals surface area contributed by atoms with Gasteiger partial charge in [-0.25, -0.2) is 0 Å². The van der Waals surface area contributed by atoms with E-state index in [-0.39, 0.29) is 5.91 Å². The largest absolute Gasteiger partial charge is 0.361 e. The molecule has 2 heterocycles. The number of allylic oxidation sites excluding steroid dienone is 1. The molecule has 1 aliphatic rings. The summed E-state index contributed by atoms with van der Waals surface area (Å²) < 4.78 is 0. The van der Waals surface area contributed by atoms with E-state index in [2.05, 4.69) is 24.1 Å². The van der Waals surface area contributed by atoms with E-state index in [1.165, 1.54) is 5.56 Å². The maximum Gasteiger partial charge on any atom is 0.251 e. The minimum Gasteiger partial charge on any atom is -0.361 e. The van der Waals surface area contributed by atoms with Crippen LogP contribution < -0.4 is 5.32 Å². The first-order valence-electron chi connectivity index (χ1n) is 6.06. The first kappa shape index (κ1) is 11.7. The Kier molecular flexibility index (Phi) is 3.18. The number of aromatic amines is 1. The SMILES string of the molecule is CCC1=C(CC)/C(=C/c2[nH]ccc2C)NC1=O. The molecule has 0 fully saturated rings. The molecule has 1 aromatic heterocycles. The summed E-state index contributed by atoms with van der Waals surface area (Å²) in [6.45, 7) is 6.16. The molecule has 0 saturated heterocycles. The summed E-state index contributed by atoms with van der Waals surface area (Å²) in [5, 5.41) is 2.95. The molecule has 0 aromatic carbocycles. The van der Waals surface area contributed by atoms with Crippen molar-refractivity contribution in [3.63, 3.8) is 0 Å². The Hall–Kier alpha value is -1.77. The van der Waals surface area contributed by atoms with Crippen LogP contribution in [0.25, 0.3) is 6.08 Å². The van der Waals surface area contributed by atoms with Crippen molar-refractivity contribution in [1.82, 2.24) is 10.3 Å². The molecule has 2 rings (SSSR count). The molecule has 3 nitrogen and oxygen atoms in total. The molecule has 1 aliphatic heterocycles. The van der Waals surface area contributed by atoms with Gasteiger partial charge in [-0.3, -0.25) is 4.79 Å². The van der Waals surface area contributed by atoms with Gasteiger partial charge in [0.05, 0.1) is 0 Å². The lowest BCUT2D eigenvalue weighted by Crippen LogP contribution is -2.16. The van der Waals surface area contributed by atoms with Gasteiger partial charge in [-0.1, -0.05) is 13.8 Å². The highest BCUT2D eigenvalue weighted by Gasteiger charge is 2.24. The number of rotatable bonds is 3. The highest BCUT2D eigenvalue weighted by atomic mass is 16.1. The van der Waals surface area contributed by atoms with Gasteiger partial charge in [0.2, 0.25) is 0 Å². The number of H-pyrrole nitrogens is 1. The van der Waals surface area contributed by atoms with Crippen molar-refractivity contribution in [2.45, 2.75) is 33.6 Å². The quantitative estimate of drug-likeness (QED) is 0.824. The number of hydrogen-bond acceptors (Lipinski definition) is 1. The lowest BCUT2D eigenvalue weighted by atomic mass is 10.0. The number of carbonyl (C=O) groups excluding carboxylic acids is 1. The second kappa shape index (κ2) is 4.62. The number of aryl methyl sites for hydroxylation is 1. The summed E-state index contributed by atoms with van der Waals surface area (Å²) >= 11 is 0. The van der Waals surface area contributed by atoms with Crippen molar-refractivity contribution in [2.24, 2.45) is 0 Å². The second-order valence-electron chi connectivity index (χ2n) is 4.25. The molecule has 0 spiro atoms. The van der Waals surface area contributed by atoms with Crippen LogP contribution in [0.1, 0.15) is 37.9 Å². The van der Waals surface area contributed by atoms with E-state index in [1.54, 1.807) is 0 Å². The molecule has 0 radical (unpaired) electrons. The third-order valence-corrected chi connectivity index (χ3v) is 3.20. The van der Waals surface area contributed by atoms with E-state index in [4.69, 9.17) is 0 Å².